The molecule has 0 saturated heterocycles. The normalized spacial score (nSPS) is 11.1. The second-order valence-corrected chi connectivity index (χ2v) is 8.56. The van der Waals surface area contributed by atoms with Crippen LogP contribution in [-0.2, 0) is 4.79 Å². The number of anilines is 1. The minimum Gasteiger partial charge on any atom is -0.481 e. The molecule has 0 aliphatic heterocycles. The average molecular weight is 490 g/mol. The van der Waals surface area contributed by atoms with E-state index < -0.39 is 0 Å². The highest BCUT2D eigenvalue weighted by Gasteiger charge is 2.19. The number of aromatic nitrogens is 1. The van der Waals surface area contributed by atoms with Crippen LogP contribution in [0.5, 0.6) is 5.75 Å². The quantitative estimate of drug-likeness (QED) is 0.317. The molecule has 4 aromatic rings. The number of aryl methyl sites for hydroxylation is 1. The average Bonchev–Trinajstić information content (AvgIpc) is 3.20. The maximum atomic E-state index is 12.4. The zero-order chi connectivity index (χ0) is 23.0. The molecule has 0 aliphatic rings. The molecule has 1 amide bonds. The van der Waals surface area contributed by atoms with Gasteiger partial charge in [-0.2, -0.15) is 0 Å². The summed E-state index contributed by atoms with van der Waals surface area (Å²) in [5, 5.41) is 3.82. The van der Waals surface area contributed by atoms with Crippen molar-refractivity contribution in [3.8, 4) is 17.2 Å². The predicted molar refractivity (Wildman–Crippen MR) is 129 cm³/mol. The molecular weight excluding hydrogens is 471 g/mol. The number of hydrogen-bond acceptors (Lipinski definition) is 4. The lowest BCUT2D eigenvalue weighted by molar-refractivity contribution is -0.118. The summed E-state index contributed by atoms with van der Waals surface area (Å²) in [6, 6.07) is 13.1. The molecule has 0 radical (unpaired) electrons. The number of ether oxygens (including phenoxy) is 1. The van der Waals surface area contributed by atoms with Gasteiger partial charge in [-0.25, -0.2) is 4.98 Å². The van der Waals surface area contributed by atoms with E-state index in [1.165, 1.54) is 0 Å². The summed E-state index contributed by atoms with van der Waals surface area (Å²) in [5.41, 5.74) is 5.15. The molecule has 1 heterocycles. The molecule has 0 atom stereocenters. The van der Waals surface area contributed by atoms with Crippen molar-refractivity contribution >= 4 is 57.5 Å². The van der Waals surface area contributed by atoms with Gasteiger partial charge >= 0.3 is 0 Å². The largest absolute Gasteiger partial charge is 0.481 e. The minimum absolute atomic E-state index is 0.234. The summed E-state index contributed by atoms with van der Waals surface area (Å²) < 4.78 is 11.4. The molecule has 0 unspecified atom stereocenters. The zero-order valence-electron chi connectivity index (χ0n) is 17.6. The van der Waals surface area contributed by atoms with Gasteiger partial charge in [0, 0.05) is 16.3 Å². The highest BCUT2D eigenvalue weighted by atomic mass is 35.5. The van der Waals surface area contributed by atoms with Gasteiger partial charge in [0.2, 0.25) is 5.89 Å². The zero-order valence-corrected chi connectivity index (χ0v) is 19.8. The first-order chi connectivity index (χ1) is 15.2. The second kappa shape index (κ2) is 9.02. The van der Waals surface area contributed by atoms with E-state index in [4.69, 9.17) is 44.0 Å². The molecule has 0 spiro atoms. The van der Waals surface area contributed by atoms with Gasteiger partial charge in [-0.3, -0.25) is 4.79 Å². The third-order valence-electron chi connectivity index (χ3n) is 5.03. The lowest BCUT2D eigenvalue weighted by atomic mass is 10.1. The van der Waals surface area contributed by atoms with Crippen molar-refractivity contribution < 1.29 is 13.9 Å². The SMILES string of the molecule is Cc1ccc(-c2nc3cc(NC(=O)COc4c(Cl)c(C)c(Cl)c(C)c4Cl)ccc3o2)cc1. The molecule has 3 aromatic carbocycles. The van der Waals surface area contributed by atoms with Gasteiger partial charge in [-0.1, -0.05) is 52.5 Å². The molecule has 1 N–H and O–H groups in total. The molecule has 0 aliphatic carbocycles. The number of amides is 1. The molecule has 0 saturated carbocycles. The fraction of sp³-hybridized carbons (Fsp3) is 0.167. The van der Waals surface area contributed by atoms with E-state index in [0.29, 0.717) is 38.8 Å². The van der Waals surface area contributed by atoms with Crippen LogP contribution in [0, 0.1) is 20.8 Å². The number of oxazole rings is 1. The molecule has 0 fully saturated rings. The number of halogens is 3. The molecule has 5 nitrogen and oxygen atoms in total. The molecule has 164 valence electrons. The summed E-state index contributed by atoms with van der Waals surface area (Å²) in [6.07, 6.45) is 0. The van der Waals surface area contributed by atoms with Crippen molar-refractivity contribution in [2.45, 2.75) is 20.8 Å². The molecule has 32 heavy (non-hydrogen) atoms. The van der Waals surface area contributed by atoms with Crippen LogP contribution in [0.25, 0.3) is 22.6 Å². The summed E-state index contributed by atoms with van der Waals surface area (Å²) in [7, 11) is 0. The lowest BCUT2D eigenvalue weighted by Gasteiger charge is -2.15. The van der Waals surface area contributed by atoms with Gasteiger partial charge in [0.1, 0.15) is 5.52 Å². The van der Waals surface area contributed by atoms with Gasteiger partial charge < -0.3 is 14.5 Å². The molecular formula is C24H19Cl3N2O3. The highest BCUT2D eigenvalue weighted by molar-refractivity contribution is 6.42. The van der Waals surface area contributed by atoms with Crippen molar-refractivity contribution in [3.05, 3.63) is 74.2 Å². The number of fused-ring (bicyclic) bond motifs is 1. The fourth-order valence-corrected chi connectivity index (χ4v) is 4.02. The van der Waals surface area contributed by atoms with Crippen molar-refractivity contribution in [1.29, 1.82) is 0 Å². The van der Waals surface area contributed by atoms with E-state index >= 15 is 0 Å². The smallest absolute Gasteiger partial charge is 0.262 e. The maximum absolute atomic E-state index is 12.4. The van der Waals surface area contributed by atoms with E-state index in [-0.39, 0.29) is 28.3 Å². The van der Waals surface area contributed by atoms with E-state index in [9.17, 15) is 4.79 Å². The number of benzene rings is 3. The number of rotatable bonds is 5. The molecule has 1 aromatic heterocycles. The Morgan fingerprint density at radius 3 is 2.28 bits per heavy atom. The number of carbonyl (C=O) groups is 1. The van der Waals surface area contributed by atoms with Gasteiger partial charge in [0.05, 0.1) is 10.0 Å². The third kappa shape index (κ3) is 4.42. The van der Waals surface area contributed by atoms with Crippen LogP contribution in [0.4, 0.5) is 5.69 Å². The third-order valence-corrected chi connectivity index (χ3v) is 6.51. The Balaban J connectivity index is 1.48. The number of carbonyl (C=O) groups excluding carboxylic acids is 1. The van der Waals surface area contributed by atoms with Gasteiger partial charge in [-0.15, -0.1) is 0 Å². The summed E-state index contributed by atoms with van der Waals surface area (Å²) >= 11 is 18.8. The van der Waals surface area contributed by atoms with Gasteiger partial charge in [-0.05, 0) is 62.2 Å². The standard InChI is InChI=1S/C24H19Cl3N2O3/c1-12-4-6-15(7-5-12)24-29-17-10-16(8-9-18(17)32-24)28-19(30)11-31-23-21(26)13(2)20(25)14(3)22(23)27/h4-10H,11H2,1-3H3,(H,28,30). The first-order valence-electron chi connectivity index (χ1n) is 9.78. The molecule has 0 bridgehead atoms. The predicted octanol–water partition coefficient (Wildman–Crippen LogP) is 7.40. The first-order valence-corrected chi connectivity index (χ1v) is 10.9. The Hall–Kier alpha value is -2.73. The number of nitrogens with one attached hydrogen (secondary N) is 1. The van der Waals surface area contributed by atoms with Crippen LogP contribution in [0.2, 0.25) is 15.1 Å². The Bertz CT molecular complexity index is 1300. The topological polar surface area (TPSA) is 64.4 Å². The Labute approximate surface area is 200 Å². The van der Waals surface area contributed by atoms with Crippen molar-refractivity contribution in [3.63, 3.8) is 0 Å². The van der Waals surface area contributed by atoms with Crippen LogP contribution in [0.3, 0.4) is 0 Å². The highest BCUT2D eigenvalue weighted by Crippen LogP contribution is 2.42. The lowest BCUT2D eigenvalue weighted by Crippen LogP contribution is -2.20. The van der Waals surface area contributed by atoms with Crippen LogP contribution in [0.1, 0.15) is 16.7 Å². The van der Waals surface area contributed by atoms with Crippen LogP contribution >= 0.6 is 34.8 Å². The van der Waals surface area contributed by atoms with Crippen LogP contribution in [-0.4, -0.2) is 17.5 Å². The van der Waals surface area contributed by atoms with E-state index in [0.717, 1.165) is 11.1 Å². The second-order valence-electron chi connectivity index (χ2n) is 7.43. The van der Waals surface area contributed by atoms with Gasteiger partial charge in [0.15, 0.2) is 17.9 Å². The van der Waals surface area contributed by atoms with Crippen LogP contribution in [0.15, 0.2) is 46.9 Å². The Morgan fingerprint density at radius 2 is 1.62 bits per heavy atom. The van der Waals surface area contributed by atoms with Crippen LogP contribution < -0.4 is 10.1 Å². The monoisotopic (exact) mass is 488 g/mol. The Kier molecular flexibility index (Phi) is 6.33. The Morgan fingerprint density at radius 1 is 0.969 bits per heavy atom. The molecule has 4 rings (SSSR count). The first kappa shape index (κ1) is 22.5. The van der Waals surface area contributed by atoms with Crippen molar-refractivity contribution in [1.82, 2.24) is 4.98 Å². The van der Waals surface area contributed by atoms with E-state index in [2.05, 4.69) is 10.3 Å². The summed E-state index contributed by atoms with van der Waals surface area (Å²) in [4.78, 5) is 17.0. The van der Waals surface area contributed by atoms with Gasteiger partial charge in [0.25, 0.3) is 5.91 Å². The maximum Gasteiger partial charge on any atom is 0.262 e. The summed E-state index contributed by atoms with van der Waals surface area (Å²) in [6.45, 7) is 5.27. The van der Waals surface area contributed by atoms with Crippen molar-refractivity contribution in [2.24, 2.45) is 0 Å². The number of hydrogen-bond donors (Lipinski definition) is 1. The number of nitrogens with zero attached hydrogens (tertiary/aromatic N) is 1. The van der Waals surface area contributed by atoms with Crippen molar-refractivity contribution in [2.75, 3.05) is 11.9 Å². The minimum atomic E-state index is -0.371. The van der Waals surface area contributed by atoms with E-state index in [1.54, 1.807) is 32.0 Å². The molecule has 8 heteroatoms. The van der Waals surface area contributed by atoms with E-state index in [1.807, 2.05) is 31.2 Å². The fourth-order valence-electron chi connectivity index (χ4n) is 3.20. The summed E-state index contributed by atoms with van der Waals surface area (Å²) in [5.74, 6) is 0.381.